The number of carbonyl (C=O) groups excluding carboxylic acids is 1. The fourth-order valence-electron chi connectivity index (χ4n) is 2.24. The first-order valence-corrected chi connectivity index (χ1v) is 6.19. The monoisotopic (exact) mass is 251 g/mol. The van der Waals surface area contributed by atoms with Gasteiger partial charge < -0.3 is 10.0 Å². The number of hydrogen-bond acceptors (Lipinski definition) is 3. The van der Waals surface area contributed by atoms with Gasteiger partial charge in [-0.2, -0.15) is 5.10 Å². The molecule has 0 spiro atoms. The molecule has 6 heteroatoms. The maximum Gasteiger partial charge on any atom is 0.326 e. The lowest BCUT2D eigenvalue weighted by Crippen LogP contribution is -2.47. The van der Waals surface area contributed by atoms with Crippen molar-refractivity contribution in [2.24, 2.45) is 0 Å². The minimum absolute atomic E-state index is 0.234. The Morgan fingerprint density at radius 2 is 2.28 bits per heavy atom. The molecular formula is C12H17N3O3. The average molecular weight is 251 g/mol. The summed E-state index contributed by atoms with van der Waals surface area (Å²) in [5, 5.41) is 13.2. The van der Waals surface area contributed by atoms with Gasteiger partial charge in [-0.3, -0.25) is 9.48 Å². The molecular weight excluding hydrogens is 234 g/mol. The standard InChI is InChI=1S/C12H17N3O3/c1-2-14-8-9(7-13-14)11(16)15-6-4-3-5-10(15)12(17)18/h7-8,10H,2-6H2,1H3,(H,17,18). The van der Waals surface area contributed by atoms with Crippen LogP contribution >= 0.6 is 0 Å². The third-order valence-electron chi connectivity index (χ3n) is 3.25. The van der Waals surface area contributed by atoms with Crippen molar-refractivity contribution < 1.29 is 14.7 Å². The number of carboxylic acid groups (broad SMARTS) is 1. The Kier molecular flexibility index (Phi) is 3.64. The summed E-state index contributed by atoms with van der Waals surface area (Å²) in [4.78, 5) is 24.8. The smallest absolute Gasteiger partial charge is 0.326 e. The Hall–Kier alpha value is -1.85. The average Bonchev–Trinajstić information content (AvgIpc) is 2.86. The molecule has 0 saturated carbocycles. The minimum Gasteiger partial charge on any atom is -0.480 e. The van der Waals surface area contributed by atoms with Crippen LogP contribution in [0.3, 0.4) is 0 Å². The molecule has 1 saturated heterocycles. The Morgan fingerprint density at radius 3 is 2.89 bits per heavy atom. The fourth-order valence-corrected chi connectivity index (χ4v) is 2.24. The summed E-state index contributed by atoms with van der Waals surface area (Å²) in [6, 6.07) is -0.698. The zero-order chi connectivity index (χ0) is 13.1. The molecule has 1 atom stereocenters. The van der Waals surface area contributed by atoms with Crippen molar-refractivity contribution in [1.29, 1.82) is 0 Å². The number of rotatable bonds is 3. The van der Waals surface area contributed by atoms with Gasteiger partial charge in [0.05, 0.1) is 11.8 Å². The Balaban J connectivity index is 2.17. The van der Waals surface area contributed by atoms with Crippen LogP contribution in [0.1, 0.15) is 36.5 Å². The van der Waals surface area contributed by atoms with E-state index in [0.29, 0.717) is 25.1 Å². The van der Waals surface area contributed by atoms with Crippen molar-refractivity contribution in [2.75, 3.05) is 6.54 Å². The lowest BCUT2D eigenvalue weighted by molar-refractivity contribution is -0.143. The van der Waals surface area contributed by atoms with E-state index in [1.165, 1.54) is 11.1 Å². The van der Waals surface area contributed by atoms with Gasteiger partial charge in [0, 0.05) is 19.3 Å². The molecule has 1 aliphatic heterocycles. The summed E-state index contributed by atoms with van der Waals surface area (Å²) in [5.41, 5.74) is 0.463. The van der Waals surface area contributed by atoms with E-state index < -0.39 is 12.0 Å². The second kappa shape index (κ2) is 5.20. The molecule has 2 heterocycles. The molecule has 1 unspecified atom stereocenters. The van der Waals surface area contributed by atoms with E-state index >= 15 is 0 Å². The van der Waals surface area contributed by atoms with E-state index in [2.05, 4.69) is 5.10 Å². The number of likely N-dealkylation sites (tertiary alicyclic amines) is 1. The lowest BCUT2D eigenvalue weighted by Gasteiger charge is -2.32. The van der Waals surface area contributed by atoms with Crippen molar-refractivity contribution in [3.05, 3.63) is 18.0 Å². The zero-order valence-corrected chi connectivity index (χ0v) is 10.4. The Bertz CT molecular complexity index is 455. The van der Waals surface area contributed by atoms with Gasteiger partial charge in [-0.05, 0) is 26.2 Å². The van der Waals surface area contributed by atoms with Gasteiger partial charge >= 0.3 is 5.97 Å². The molecule has 0 aromatic carbocycles. The van der Waals surface area contributed by atoms with Gasteiger partial charge in [-0.15, -0.1) is 0 Å². The lowest BCUT2D eigenvalue weighted by atomic mass is 10.0. The molecule has 1 aromatic rings. The number of carbonyl (C=O) groups is 2. The maximum atomic E-state index is 12.3. The zero-order valence-electron chi connectivity index (χ0n) is 10.4. The molecule has 1 fully saturated rings. The highest BCUT2D eigenvalue weighted by Gasteiger charge is 2.32. The molecule has 98 valence electrons. The molecule has 6 nitrogen and oxygen atoms in total. The van der Waals surface area contributed by atoms with E-state index in [1.54, 1.807) is 10.9 Å². The van der Waals surface area contributed by atoms with Crippen LogP contribution in [0.15, 0.2) is 12.4 Å². The van der Waals surface area contributed by atoms with Crippen LogP contribution in [0.25, 0.3) is 0 Å². The quantitative estimate of drug-likeness (QED) is 0.869. The van der Waals surface area contributed by atoms with Crippen LogP contribution in [0, 0.1) is 0 Å². The van der Waals surface area contributed by atoms with E-state index in [4.69, 9.17) is 5.11 Å². The number of aromatic nitrogens is 2. The fraction of sp³-hybridized carbons (Fsp3) is 0.583. The topological polar surface area (TPSA) is 75.4 Å². The molecule has 18 heavy (non-hydrogen) atoms. The van der Waals surface area contributed by atoms with Gasteiger partial charge in [0.15, 0.2) is 0 Å². The van der Waals surface area contributed by atoms with Crippen molar-refractivity contribution in [2.45, 2.75) is 38.8 Å². The van der Waals surface area contributed by atoms with Crippen LogP contribution in [0.5, 0.6) is 0 Å². The highest BCUT2D eigenvalue weighted by atomic mass is 16.4. The van der Waals surface area contributed by atoms with Crippen LogP contribution in [0.4, 0.5) is 0 Å². The van der Waals surface area contributed by atoms with E-state index in [9.17, 15) is 9.59 Å². The van der Waals surface area contributed by atoms with Gasteiger partial charge in [0.25, 0.3) is 5.91 Å². The van der Waals surface area contributed by atoms with Crippen molar-refractivity contribution in [3.63, 3.8) is 0 Å². The van der Waals surface area contributed by atoms with Crippen LogP contribution in [-0.4, -0.2) is 44.3 Å². The number of aliphatic carboxylic acids is 1. The molecule has 2 rings (SSSR count). The molecule has 1 aromatic heterocycles. The van der Waals surface area contributed by atoms with E-state index in [0.717, 1.165) is 12.8 Å². The highest BCUT2D eigenvalue weighted by Crippen LogP contribution is 2.19. The van der Waals surface area contributed by atoms with Crippen molar-refractivity contribution in [1.82, 2.24) is 14.7 Å². The predicted octanol–water partition coefficient (Wildman–Crippen LogP) is 0.982. The third-order valence-corrected chi connectivity index (χ3v) is 3.25. The van der Waals surface area contributed by atoms with Crippen LogP contribution in [-0.2, 0) is 11.3 Å². The molecule has 0 aliphatic carbocycles. The highest BCUT2D eigenvalue weighted by molar-refractivity contribution is 5.96. The number of carboxylic acids is 1. The second-order valence-corrected chi connectivity index (χ2v) is 4.43. The minimum atomic E-state index is -0.925. The van der Waals surface area contributed by atoms with Gasteiger partial charge in [-0.1, -0.05) is 0 Å². The third kappa shape index (κ3) is 2.37. The number of nitrogens with zero attached hydrogens (tertiary/aromatic N) is 3. The normalized spacial score (nSPS) is 19.8. The maximum absolute atomic E-state index is 12.3. The number of amides is 1. The predicted molar refractivity (Wildman–Crippen MR) is 64.2 cm³/mol. The Morgan fingerprint density at radius 1 is 1.50 bits per heavy atom. The van der Waals surface area contributed by atoms with Gasteiger partial charge in [0.1, 0.15) is 6.04 Å². The second-order valence-electron chi connectivity index (χ2n) is 4.43. The molecule has 0 radical (unpaired) electrons. The molecule has 1 amide bonds. The van der Waals surface area contributed by atoms with Gasteiger partial charge in [0.2, 0.25) is 0 Å². The first-order valence-electron chi connectivity index (χ1n) is 6.19. The van der Waals surface area contributed by atoms with Crippen molar-refractivity contribution in [3.8, 4) is 0 Å². The van der Waals surface area contributed by atoms with Gasteiger partial charge in [-0.25, -0.2) is 4.79 Å². The molecule has 0 bridgehead atoms. The van der Waals surface area contributed by atoms with Crippen molar-refractivity contribution >= 4 is 11.9 Å². The number of aryl methyl sites for hydroxylation is 1. The Labute approximate surface area is 105 Å². The molecule has 1 N–H and O–H groups in total. The summed E-state index contributed by atoms with van der Waals surface area (Å²) >= 11 is 0. The first-order chi connectivity index (χ1) is 8.63. The summed E-state index contributed by atoms with van der Waals surface area (Å²) in [7, 11) is 0. The number of piperidine rings is 1. The number of hydrogen-bond donors (Lipinski definition) is 1. The summed E-state index contributed by atoms with van der Waals surface area (Å²) in [6.45, 7) is 3.13. The van der Waals surface area contributed by atoms with E-state index in [-0.39, 0.29) is 5.91 Å². The SMILES string of the molecule is CCn1cc(C(=O)N2CCCCC2C(=O)O)cn1. The summed E-state index contributed by atoms with van der Waals surface area (Å²) in [6.07, 6.45) is 5.41. The summed E-state index contributed by atoms with van der Waals surface area (Å²) < 4.78 is 1.66. The largest absolute Gasteiger partial charge is 0.480 e. The molecule has 1 aliphatic rings. The van der Waals surface area contributed by atoms with E-state index in [1.807, 2.05) is 6.92 Å². The van der Waals surface area contributed by atoms with Crippen LogP contribution in [0.2, 0.25) is 0 Å². The summed E-state index contributed by atoms with van der Waals surface area (Å²) in [5.74, 6) is -1.16. The first kappa shape index (κ1) is 12.6. The van der Waals surface area contributed by atoms with Crippen LogP contribution < -0.4 is 0 Å².